The summed E-state index contributed by atoms with van der Waals surface area (Å²) in [5.41, 5.74) is 1.05. The molecule has 0 aromatic carbocycles. The number of nitrogens with one attached hydrogen (secondary N) is 1. The summed E-state index contributed by atoms with van der Waals surface area (Å²) in [5, 5.41) is 3.65. The van der Waals surface area contributed by atoms with E-state index in [0.29, 0.717) is 0 Å². The number of rotatable bonds is 2. The molecule has 0 saturated carbocycles. The Morgan fingerprint density at radius 2 is 1.94 bits per heavy atom. The first kappa shape index (κ1) is 11.9. The van der Waals surface area contributed by atoms with Gasteiger partial charge in [0.05, 0.1) is 5.69 Å². The SMILES string of the molecule is Cc1nccnc1N1CCC(C2CCCN2)CC1. The van der Waals surface area contributed by atoms with Crippen LogP contribution in [0.5, 0.6) is 0 Å². The third-order valence-electron chi connectivity index (χ3n) is 4.36. The summed E-state index contributed by atoms with van der Waals surface area (Å²) in [4.78, 5) is 11.2. The van der Waals surface area contributed by atoms with Gasteiger partial charge >= 0.3 is 0 Å². The summed E-state index contributed by atoms with van der Waals surface area (Å²) in [6.45, 7) is 5.52. The molecule has 1 unspecified atom stereocenters. The summed E-state index contributed by atoms with van der Waals surface area (Å²) in [5.74, 6) is 1.94. The summed E-state index contributed by atoms with van der Waals surface area (Å²) < 4.78 is 0. The molecule has 1 atom stereocenters. The number of anilines is 1. The van der Waals surface area contributed by atoms with Gasteiger partial charge in [0.25, 0.3) is 0 Å². The molecule has 0 radical (unpaired) electrons. The summed E-state index contributed by atoms with van der Waals surface area (Å²) >= 11 is 0. The predicted octanol–water partition coefficient (Wildman–Crippen LogP) is 1.75. The van der Waals surface area contributed by atoms with Gasteiger partial charge in [-0.3, -0.25) is 4.98 Å². The van der Waals surface area contributed by atoms with E-state index in [2.05, 4.69) is 20.2 Å². The smallest absolute Gasteiger partial charge is 0.150 e. The first-order valence-corrected chi connectivity index (χ1v) is 7.10. The Balaban J connectivity index is 1.61. The molecule has 2 aliphatic rings. The molecule has 4 heteroatoms. The highest BCUT2D eigenvalue weighted by Gasteiger charge is 2.29. The molecule has 18 heavy (non-hydrogen) atoms. The molecule has 0 amide bonds. The van der Waals surface area contributed by atoms with Gasteiger partial charge in [-0.25, -0.2) is 4.98 Å². The number of nitrogens with zero attached hydrogens (tertiary/aromatic N) is 3. The van der Waals surface area contributed by atoms with Crippen molar-refractivity contribution in [3.63, 3.8) is 0 Å². The van der Waals surface area contributed by atoms with Crippen molar-refractivity contribution in [2.75, 3.05) is 24.5 Å². The normalized spacial score (nSPS) is 25.6. The minimum absolute atomic E-state index is 0.773. The largest absolute Gasteiger partial charge is 0.355 e. The van der Waals surface area contributed by atoms with E-state index >= 15 is 0 Å². The molecule has 3 rings (SSSR count). The molecule has 1 aromatic rings. The second-order valence-corrected chi connectivity index (χ2v) is 5.49. The van der Waals surface area contributed by atoms with E-state index in [4.69, 9.17) is 0 Å². The van der Waals surface area contributed by atoms with Crippen LogP contribution in [-0.2, 0) is 0 Å². The lowest BCUT2D eigenvalue weighted by atomic mass is 9.88. The molecule has 4 nitrogen and oxygen atoms in total. The van der Waals surface area contributed by atoms with Crippen LogP contribution in [-0.4, -0.2) is 35.6 Å². The molecule has 3 heterocycles. The van der Waals surface area contributed by atoms with E-state index < -0.39 is 0 Å². The van der Waals surface area contributed by atoms with E-state index in [-0.39, 0.29) is 0 Å². The van der Waals surface area contributed by atoms with Gasteiger partial charge in [0.15, 0.2) is 0 Å². The van der Waals surface area contributed by atoms with E-state index in [1.165, 1.54) is 32.2 Å². The fourth-order valence-electron chi connectivity index (χ4n) is 3.34. The van der Waals surface area contributed by atoms with Crippen molar-refractivity contribution in [2.45, 2.75) is 38.6 Å². The number of hydrogen-bond acceptors (Lipinski definition) is 4. The first-order chi connectivity index (χ1) is 8.84. The van der Waals surface area contributed by atoms with Crippen molar-refractivity contribution >= 4 is 5.82 Å². The van der Waals surface area contributed by atoms with Crippen LogP contribution in [0.25, 0.3) is 0 Å². The Hall–Kier alpha value is -1.16. The van der Waals surface area contributed by atoms with Crippen molar-refractivity contribution < 1.29 is 0 Å². The molecule has 2 fully saturated rings. The van der Waals surface area contributed by atoms with Gasteiger partial charge in [-0.2, -0.15) is 0 Å². The average molecular weight is 246 g/mol. The minimum Gasteiger partial charge on any atom is -0.355 e. The molecule has 2 aliphatic heterocycles. The third-order valence-corrected chi connectivity index (χ3v) is 4.36. The van der Waals surface area contributed by atoms with E-state index in [0.717, 1.165) is 36.6 Å². The van der Waals surface area contributed by atoms with Gasteiger partial charge < -0.3 is 10.2 Å². The maximum absolute atomic E-state index is 4.47. The summed E-state index contributed by atoms with van der Waals surface area (Å²) in [6.07, 6.45) is 8.87. The molecule has 0 aliphatic carbocycles. The molecule has 1 N–H and O–H groups in total. The number of hydrogen-bond donors (Lipinski definition) is 1. The summed E-state index contributed by atoms with van der Waals surface area (Å²) in [7, 11) is 0. The lowest BCUT2D eigenvalue weighted by molar-refractivity contribution is 0.318. The highest BCUT2D eigenvalue weighted by Crippen LogP contribution is 2.28. The third kappa shape index (κ3) is 2.34. The van der Waals surface area contributed by atoms with Crippen molar-refractivity contribution in [3.8, 4) is 0 Å². The van der Waals surface area contributed by atoms with Crippen LogP contribution in [0.3, 0.4) is 0 Å². The Labute approximate surface area is 109 Å². The molecule has 1 aromatic heterocycles. The van der Waals surface area contributed by atoms with Crippen LogP contribution in [0, 0.1) is 12.8 Å². The van der Waals surface area contributed by atoms with E-state index in [9.17, 15) is 0 Å². The predicted molar refractivity (Wildman–Crippen MR) is 72.7 cm³/mol. The van der Waals surface area contributed by atoms with Crippen molar-refractivity contribution in [2.24, 2.45) is 5.92 Å². The fourth-order valence-corrected chi connectivity index (χ4v) is 3.34. The van der Waals surface area contributed by atoms with Crippen molar-refractivity contribution in [1.82, 2.24) is 15.3 Å². The highest BCUT2D eigenvalue weighted by molar-refractivity contribution is 5.42. The van der Waals surface area contributed by atoms with Crippen LogP contribution < -0.4 is 10.2 Å². The zero-order chi connectivity index (χ0) is 12.4. The van der Waals surface area contributed by atoms with Crippen LogP contribution in [0.1, 0.15) is 31.4 Å². The van der Waals surface area contributed by atoms with Crippen LogP contribution in [0.15, 0.2) is 12.4 Å². The van der Waals surface area contributed by atoms with Gasteiger partial charge in [-0.05, 0) is 45.1 Å². The van der Waals surface area contributed by atoms with Crippen molar-refractivity contribution in [1.29, 1.82) is 0 Å². The lowest BCUT2D eigenvalue weighted by Crippen LogP contribution is -2.41. The van der Waals surface area contributed by atoms with Crippen molar-refractivity contribution in [3.05, 3.63) is 18.1 Å². The van der Waals surface area contributed by atoms with Gasteiger partial charge in [-0.15, -0.1) is 0 Å². The fraction of sp³-hybridized carbons (Fsp3) is 0.714. The Kier molecular flexibility index (Phi) is 3.46. The van der Waals surface area contributed by atoms with Gasteiger partial charge in [0.2, 0.25) is 0 Å². The lowest BCUT2D eigenvalue weighted by Gasteiger charge is -2.35. The van der Waals surface area contributed by atoms with Gasteiger partial charge in [0, 0.05) is 31.5 Å². The monoisotopic (exact) mass is 246 g/mol. The number of aromatic nitrogens is 2. The van der Waals surface area contributed by atoms with Gasteiger partial charge in [-0.1, -0.05) is 0 Å². The second-order valence-electron chi connectivity index (χ2n) is 5.49. The van der Waals surface area contributed by atoms with Crippen LogP contribution in [0.2, 0.25) is 0 Å². The molecular weight excluding hydrogens is 224 g/mol. The molecule has 0 spiro atoms. The van der Waals surface area contributed by atoms with Crippen LogP contribution in [0.4, 0.5) is 5.82 Å². The quantitative estimate of drug-likeness (QED) is 0.863. The number of aryl methyl sites for hydroxylation is 1. The average Bonchev–Trinajstić information content (AvgIpc) is 2.94. The maximum Gasteiger partial charge on any atom is 0.150 e. The molecular formula is C14H22N4. The molecule has 0 bridgehead atoms. The number of piperidine rings is 1. The minimum atomic E-state index is 0.773. The van der Waals surface area contributed by atoms with Gasteiger partial charge in [0.1, 0.15) is 5.82 Å². The maximum atomic E-state index is 4.47. The van der Waals surface area contributed by atoms with E-state index in [1.54, 1.807) is 12.4 Å². The zero-order valence-electron chi connectivity index (χ0n) is 11.1. The zero-order valence-corrected chi connectivity index (χ0v) is 11.1. The standard InChI is InChI=1S/C14H22N4/c1-11-14(17-8-7-15-11)18-9-4-12(5-10-18)13-3-2-6-16-13/h7-8,12-13,16H,2-6,9-10H2,1H3. The van der Waals surface area contributed by atoms with E-state index in [1.807, 2.05) is 6.92 Å². The first-order valence-electron chi connectivity index (χ1n) is 7.10. The molecule has 2 saturated heterocycles. The topological polar surface area (TPSA) is 41.1 Å². The Morgan fingerprint density at radius 3 is 2.61 bits per heavy atom. The Bertz CT molecular complexity index is 393. The van der Waals surface area contributed by atoms with Crippen LogP contribution >= 0.6 is 0 Å². The second kappa shape index (κ2) is 5.22. The molecule has 98 valence electrons. The Morgan fingerprint density at radius 1 is 1.17 bits per heavy atom. The highest BCUT2D eigenvalue weighted by atomic mass is 15.2. The summed E-state index contributed by atoms with van der Waals surface area (Å²) in [6, 6.07) is 0.773.